The van der Waals surface area contributed by atoms with E-state index in [9.17, 15) is 4.79 Å². The van der Waals surface area contributed by atoms with Gasteiger partial charge in [-0.05, 0) is 49.4 Å². The van der Waals surface area contributed by atoms with Crippen LogP contribution in [-0.4, -0.2) is 12.6 Å². The molecule has 0 radical (unpaired) electrons. The summed E-state index contributed by atoms with van der Waals surface area (Å²) >= 11 is 0. The molecule has 2 saturated carbocycles. The molecule has 2 aliphatic carbocycles. The van der Waals surface area contributed by atoms with Gasteiger partial charge in [-0.2, -0.15) is 0 Å². The lowest BCUT2D eigenvalue weighted by Gasteiger charge is -2.18. The zero-order valence-electron chi connectivity index (χ0n) is 10.9. The predicted octanol–water partition coefficient (Wildman–Crippen LogP) is 3.57. The largest absolute Gasteiger partial charge is 0.463 e. The third-order valence-electron chi connectivity index (χ3n) is 4.87. The van der Waals surface area contributed by atoms with E-state index in [1.807, 2.05) is 0 Å². The lowest BCUT2D eigenvalue weighted by Crippen LogP contribution is -2.13. The molecule has 4 atom stereocenters. The maximum absolute atomic E-state index is 11.0. The number of carbonyl (C=O) groups excluding carboxylic acids is 1. The fourth-order valence-corrected chi connectivity index (χ4v) is 4.10. The van der Waals surface area contributed by atoms with Crippen molar-refractivity contribution in [2.45, 2.75) is 45.4 Å². The van der Waals surface area contributed by atoms with E-state index in [0.29, 0.717) is 6.61 Å². The topological polar surface area (TPSA) is 26.3 Å². The number of fused-ring (bicyclic) bond motifs is 1. The maximum Gasteiger partial charge on any atom is 0.330 e. The molecule has 0 heterocycles. The van der Waals surface area contributed by atoms with Crippen molar-refractivity contribution in [3.05, 3.63) is 12.7 Å². The number of ether oxygens (including phenoxy) is 1. The van der Waals surface area contributed by atoms with E-state index in [1.165, 1.54) is 38.2 Å². The third kappa shape index (κ3) is 2.72. The first-order valence-corrected chi connectivity index (χ1v) is 7.05. The smallest absolute Gasteiger partial charge is 0.330 e. The number of hydrogen-bond donors (Lipinski definition) is 0. The molecule has 0 amide bonds. The molecule has 0 aromatic carbocycles. The lowest BCUT2D eigenvalue weighted by atomic mass is 9.88. The number of carbonyl (C=O) groups is 1. The van der Waals surface area contributed by atoms with Crippen LogP contribution < -0.4 is 0 Å². The molecule has 0 aliphatic heterocycles. The molecule has 0 saturated heterocycles. The van der Waals surface area contributed by atoms with Crippen molar-refractivity contribution in [3.8, 4) is 0 Å². The van der Waals surface area contributed by atoms with Gasteiger partial charge in [-0.25, -0.2) is 4.79 Å². The van der Waals surface area contributed by atoms with E-state index < -0.39 is 0 Å². The molecule has 17 heavy (non-hydrogen) atoms. The third-order valence-corrected chi connectivity index (χ3v) is 4.87. The number of hydrogen-bond acceptors (Lipinski definition) is 2. The summed E-state index contributed by atoms with van der Waals surface area (Å²) in [5.41, 5.74) is 0. The van der Waals surface area contributed by atoms with Crippen LogP contribution in [0.4, 0.5) is 0 Å². The summed E-state index contributed by atoms with van der Waals surface area (Å²) in [5, 5.41) is 0. The Hall–Kier alpha value is -0.790. The second kappa shape index (κ2) is 5.70. The van der Waals surface area contributed by atoms with E-state index in [0.717, 1.165) is 30.1 Å². The van der Waals surface area contributed by atoms with Gasteiger partial charge in [0.1, 0.15) is 0 Å². The Morgan fingerprint density at radius 3 is 2.71 bits per heavy atom. The molecule has 2 nitrogen and oxygen atoms in total. The normalized spacial score (nSPS) is 35.6. The molecule has 4 unspecified atom stereocenters. The van der Waals surface area contributed by atoms with Gasteiger partial charge < -0.3 is 4.74 Å². The standard InChI is InChI=1S/C15H24O2/c1-3-11-10-12(8-9-17-15(16)4-2)14-7-5-6-13(11)14/h4,11-14H,2-3,5-10H2,1H3. The Labute approximate surface area is 104 Å². The van der Waals surface area contributed by atoms with Gasteiger partial charge in [0.05, 0.1) is 6.61 Å². The highest BCUT2D eigenvalue weighted by Gasteiger charge is 2.44. The van der Waals surface area contributed by atoms with E-state index in [4.69, 9.17) is 4.74 Å². The first kappa shape index (κ1) is 12.7. The van der Waals surface area contributed by atoms with Crippen LogP contribution in [0.3, 0.4) is 0 Å². The Kier molecular flexibility index (Phi) is 4.25. The van der Waals surface area contributed by atoms with Gasteiger partial charge in [0, 0.05) is 6.08 Å². The molecule has 2 fully saturated rings. The second-order valence-corrected chi connectivity index (χ2v) is 5.58. The van der Waals surface area contributed by atoms with Gasteiger partial charge in [-0.3, -0.25) is 0 Å². The molecule has 2 aliphatic rings. The Balaban J connectivity index is 1.81. The second-order valence-electron chi connectivity index (χ2n) is 5.58. The minimum Gasteiger partial charge on any atom is -0.463 e. The quantitative estimate of drug-likeness (QED) is 0.539. The zero-order valence-corrected chi connectivity index (χ0v) is 10.9. The summed E-state index contributed by atoms with van der Waals surface area (Å²) in [7, 11) is 0. The van der Waals surface area contributed by atoms with Crippen LogP contribution in [0, 0.1) is 23.7 Å². The highest BCUT2D eigenvalue weighted by atomic mass is 16.5. The molecule has 2 heteroatoms. The van der Waals surface area contributed by atoms with Crippen molar-refractivity contribution in [3.63, 3.8) is 0 Å². The fourth-order valence-electron chi connectivity index (χ4n) is 4.10. The van der Waals surface area contributed by atoms with Gasteiger partial charge in [0.25, 0.3) is 0 Å². The van der Waals surface area contributed by atoms with Crippen LogP contribution in [0.15, 0.2) is 12.7 Å². The summed E-state index contributed by atoms with van der Waals surface area (Å²) in [5.74, 6) is 3.34. The Morgan fingerprint density at radius 2 is 2.06 bits per heavy atom. The Morgan fingerprint density at radius 1 is 1.35 bits per heavy atom. The molecule has 0 aromatic rings. The molecule has 0 spiro atoms. The number of rotatable bonds is 5. The van der Waals surface area contributed by atoms with Crippen LogP contribution in [0.1, 0.15) is 45.4 Å². The van der Waals surface area contributed by atoms with Gasteiger partial charge in [-0.15, -0.1) is 0 Å². The van der Waals surface area contributed by atoms with E-state index in [-0.39, 0.29) is 5.97 Å². The van der Waals surface area contributed by atoms with Crippen molar-refractivity contribution in [2.75, 3.05) is 6.61 Å². The van der Waals surface area contributed by atoms with Crippen molar-refractivity contribution in [1.82, 2.24) is 0 Å². The van der Waals surface area contributed by atoms with Gasteiger partial charge in [0.2, 0.25) is 0 Å². The lowest BCUT2D eigenvalue weighted by molar-refractivity contribution is -0.138. The summed E-state index contributed by atoms with van der Waals surface area (Å²) in [4.78, 5) is 11.0. The summed E-state index contributed by atoms with van der Waals surface area (Å²) in [6.45, 7) is 6.31. The molecular formula is C15H24O2. The zero-order chi connectivity index (χ0) is 12.3. The molecule has 2 rings (SSSR count). The van der Waals surface area contributed by atoms with Gasteiger partial charge >= 0.3 is 5.97 Å². The van der Waals surface area contributed by atoms with Crippen LogP contribution in [0.2, 0.25) is 0 Å². The van der Waals surface area contributed by atoms with Crippen molar-refractivity contribution >= 4 is 5.97 Å². The molecule has 0 aromatic heterocycles. The molecular weight excluding hydrogens is 212 g/mol. The van der Waals surface area contributed by atoms with Crippen molar-refractivity contribution in [2.24, 2.45) is 23.7 Å². The van der Waals surface area contributed by atoms with Crippen LogP contribution in [0.25, 0.3) is 0 Å². The van der Waals surface area contributed by atoms with E-state index in [1.54, 1.807) is 0 Å². The van der Waals surface area contributed by atoms with Crippen LogP contribution >= 0.6 is 0 Å². The molecule has 0 N–H and O–H groups in total. The number of esters is 1. The first-order chi connectivity index (χ1) is 8.26. The summed E-state index contributed by atoms with van der Waals surface area (Å²) in [6.07, 6.45) is 9.24. The highest BCUT2D eigenvalue weighted by Crippen LogP contribution is 2.52. The van der Waals surface area contributed by atoms with Crippen molar-refractivity contribution < 1.29 is 9.53 Å². The SMILES string of the molecule is C=CC(=O)OCCC1CC(CC)C2CCCC12. The van der Waals surface area contributed by atoms with E-state index >= 15 is 0 Å². The summed E-state index contributed by atoms with van der Waals surface area (Å²) in [6, 6.07) is 0. The van der Waals surface area contributed by atoms with Gasteiger partial charge in [0.15, 0.2) is 0 Å². The van der Waals surface area contributed by atoms with Gasteiger partial charge in [-0.1, -0.05) is 26.3 Å². The maximum atomic E-state index is 11.0. The summed E-state index contributed by atoms with van der Waals surface area (Å²) < 4.78 is 5.11. The van der Waals surface area contributed by atoms with Crippen molar-refractivity contribution in [1.29, 1.82) is 0 Å². The molecule has 0 bridgehead atoms. The average Bonchev–Trinajstić information content (AvgIpc) is 2.91. The minimum atomic E-state index is -0.280. The van der Waals surface area contributed by atoms with Crippen LogP contribution in [0.5, 0.6) is 0 Å². The minimum absolute atomic E-state index is 0.280. The van der Waals surface area contributed by atoms with E-state index in [2.05, 4.69) is 13.5 Å². The molecule has 96 valence electrons. The van der Waals surface area contributed by atoms with Crippen LogP contribution in [-0.2, 0) is 9.53 Å². The average molecular weight is 236 g/mol. The monoisotopic (exact) mass is 236 g/mol. The fraction of sp³-hybridized carbons (Fsp3) is 0.800. The Bertz CT molecular complexity index is 285. The highest BCUT2D eigenvalue weighted by molar-refractivity contribution is 5.81. The predicted molar refractivity (Wildman–Crippen MR) is 68.5 cm³/mol. The first-order valence-electron chi connectivity index (χ1n) is 7.05.